The van der Waals surface area contributed by atoms with Crippen molar-refractivity contribution in [3.63, 3.8) is 0 Å². The third-order valence-corrected chi connectivity index (χ3v) is 4.01. The molecule has 0 aliphatic heterocycles. The maximum absolute atomic E-state index is 11.2. The molecule has 7 nitrogen and oxygen atoms in total. The summed E-state index contributed by atoms with van der Waals surface area (Å²) >= 11 is 3.07. The van der Waals surface area contributed by atoms with Gasteiger partial charge in [-0.1, -0.05) is 43.1 Å². The van der Waals surface area contributed by atoms with Gasteiger partial charge in [0.05, 0.1) is 9.85 Å². The number of anilines is 1. The fourth-order valence-electron chi connectivity index (χ4n) is 2.13. The Bertz CT molecular complexity index is 515. The highest BCUT2D eigenvalue weighted by Gasteiger charge is 2.29. The lowest BCUT2D eigenvalue weighted by Crippen LogP contribution is -2.27. The molecule has 0 amide bonds. The zero-order valence-corrected chi connectivity index (χ0v) is 13.7. The van der Waals surface area contributed by atoms with Crippen molar-refractivity contribution < 1.29 is 9.85 Å². The van der Waals surface area contributed by atoms with Crippen LogP contribution in [0.3, 0.4) is 0 Å². The van der Waals surface area contributed by atoms with Crippen LogP contribution in [0.4, 0.5) is 17.1 Å². The number of rotatable bonds is 7. The van der Waals surface area contributed by atoms with Crippen molar-refractivity contribution in [1.29, 1.82) is 0 Å². The van der Waals surface area contributed by atoms with Crippen LogP contribution in [0.5, 0.6) is 0 Å². The van der Waals surface area contributed by atoms with Crippen molar-refractivity contribution in [1.82, 2.24) is 0 Å². The van der Waals surface area contributed by atoms with E-state index in [4.69, 9.17) is 0 Å². The van der Waals surface area contributed by atoms with E-state index in [-0.39, 0.29) is 29.0 Å². The smallest absolute Gasteiger partial charge is 0.300 e. The molecular weight excluding hydrogens is 342 g/mol. The van der Waals surface area contributed by atoms with Crippen molar-refractivity contribution in [2.45, 2.75) is 39.7 Å². The molecule has 21 heavy (non-hydrogen) atoms. The number of nitrogens with one attached hydrogen (secondary N) is 1. The number of halogens is 1. The quantitative estimate of drug-likeness (QED) is 0.570. The van der Waals surface area contributed by atoms with Crippen molar-refractivity contribution in [3.8, 4) is 0 Å². The molecule has 0 saturated heterocycles. The average Bonchev–Trinajstić information content (AvgIpc) is 2.43. The Morgan fingerprint density at radius 2 is 1.62 bits per heavy atom. The minimum Gasteiger partial charge on any atom is -0.371 e. The normalized spacial score (nSPS) is 13.5. The lowest BCUT2D eigenvalue weighted by Gasteiger charge is -2.23. The van der Waals surface area contributed by atoms with Crippen molar-refractivity contribution >= 4 is 33.0 Å². The molecular formula is C13H18BrN3O4. The molecule has 0 aliphatic carbocycles. The molecule has 0 spiro atoms. The summed E-state index contributed by atoms with van der Waals surface area (Å²) in [4.78, 5) is 21.1. The Hall–Kier alpha value is -1.70. The lowest BCUT2D eigenvalue weighted by molar-refractivity contribution is -0.392. The second-order valence-corrected chi connectivity index (χ2v) is 5.79. The number of benzene rings is 1. The van der Waals surface area contributed by atoms with Gasteiger partial charge in [0.2, 0.25) is 0 Å². The first kappa shape index (κ1) is 17.4. The van der Waals surface area contributed by atoms with Gasteiger partial charge >= 0.3 is 11.4 Å². The summed E-state index contributed by atoms with van der Waals surface area (Å²) in [5, 5.41) is 25.4. The van der Waals surface area contributed by atoms with E-state index in [1.807, 2.05) is 20.8 Å². The standard InChI is InChI=1S/C13H18BrN3O4/c1-4-8(3)10(5-2)15-13-11(16(18)19)6-9(14)7-12(13)17(20)21/h6-8,10,15H,4-5H2,1-3H3. The molecule has 2 atom stereocenters. The Labute approximate surface area is 131 Å². The summed E-state index contributed by atoms with van der Waals surface area (Å²) in [6.07, 6.45) is 1.60. The molecule has 0 fully saturated rings. The van der Waals surface area contributed by atoms with Crippen LogP contribution in [0.1, 0.15) is 33.6 Å². The molecule has 0 saturated carbocycles. The van der Waals surface area contributed by atoms with E-state index in [2.05, 4.69) is 21.2 Å². The van der Waals surface area contributed by atoms with Gasteiger partial charge in [0.15, 0.2) is 5.69 Å². The van der Waals surface area contributed by atoms with E-state index in [1.54, 1.807) is 0 Å². The predicted octanol–water partition coefficient (Wildman–Crippen LogP) is 4.50. The molecule has 1 N–H and O–H groups in total. The van der Waals surface area contributed by atoms with Crippen molar-refractivity contribution in [2.75, 3.05) is 5.32 Å². The highest BCUT2D eigenvalue weighted by molar-refractivity contribution is 9.10. The summed E-state index contributed by atoms with van der Waals surface area (Å²) in [5.74, 6) is 0.248. The summed E-state index contributed by atoms with van der Waals surface area (Å²) < 4.78 is 0.308. The summed E-state index contributed by atoms with van der Waals surface area (Å²) in [7, 11) is 0. The van der Waals surface area contributed by atoms with Gasteiger partial charge in [0.1, 0.15) is 0 Å². The highest BCUT2D eigenvalue weighted by atomic mass is 79.9. The largest absolute Gasteiger partial charge is 0.371 e. The second-order valence-electron chi connectivity index (χ2n) is 4.88. The maximum atomic E-state index is 11.2. The Kier molecular flexibility index (Phi) is 6.07. The van der Waals surface area contributed by atoms with E-state index < -0.39 is 9.85 Å². The average molecular weight is 360 g/mol. The SMILES string of the molecule is CCC(C)C(CC)Nc1c([N+](=O)[O-])cc(Br)cc1[N+](=O)[O-]. The van der Waals surface area contributed by atoms with Crippen LogP contribution in [-0.2, 0) is 0 Å². The van der Waals surface area contributed by atoms with Crippen LogP contribution in [0, 0.1) is 26.1 Å². The van der Waals surface area contributed by atoms with Gasteiger partial charge in [-0.25, -0.2) is 0 Å². The monoisotopic (exact) mass is 359 g/mol. The maximum Gasteiger partial charge on any atom is 0.300 e. The summed E-state index contributed by atoms with van der Waals surface area (Å²) in [6.45, 7) is 5.97. The first-order chi connectivity index (χ1) is 9.81. The van der Waals surface area contributed by atoms with Crippen molar-refractivity contribution in [3.05, 3.63) is 36.8 Å². The number of hydrogen-bond acceptors (Lipinski definition) is 5. The number of hydrogen-bond donors (Lipinski definition) is 1. The van der Waals surface area contributed by atoms with E-state index in [1.165, 1.54) is 12.1 Å². The Morgan fingerprint density at radius 1 is 1.14 bits per heavy atom. The van der Waals surface area contributed by atoms with E-state index >= 15 is 0 Å². The minimum absolute atomic E-state index is 0.0275. The first-order valence-electron chi connectivity index (χ1n) is 6.70. The van der Waals surface area contributed by atoms with Crippen LogP contribution in [0.15, 0.2) is 16.6 Å². The summed E-state index contributed by atoms with van der Waals surface area (Å²) in [6, 6.07) is 2.49. The predicted molar refractivity (Wildman–Crippen MR) is 84.6 cm³/mol. The van der Waals surface area contributed by atoms with Gasteiger partial charge in [-0.05, 0) is 12.3 Å². The van der Waals surface area contributed by atoms with Crippen molar-refractivity contribution in [2.24, 2.45) is 5.92 Å². The first-order valence-corrected chi connectivity index (χ1v) is 7.49. The van der Waals surface area contributed by atoms with Gasteiger partial charge in [0.25, 0.3) is 0 Å². The van der Waals surface area contributed by atoms with Gasteiger partial charge in [-0.3, -0.25) is 20.2 Å². The Morgan fingerprint density at radius 3 is 1.95 bits per heavy atom. The molecule has 116 valence electrons. The molecule has 8 heteroatoms. The van der Waals surface area contributed by atoms with E-state index in [0.29, 0.717) is 4.47 Å². The molecule has 0 heterocycles. The fraction of sp³-hybridized carbons (Fsp3) is 0.538. The molecule has 0 aliphatic rings. The second kappa shape index (κ2) is 7.35. The minimum atomic E-state index is -0.608. The lowest BCUT2D eigenvalue weighted by atomic mass is 9.96. The van der Waals surface area contributed by atoms with Gasteiger partial charge in [0, 0.05) is 22.6 Å². The highest BCUT2D eigenvalue weighted by Crippen LogP contribution is 2.38. The van der Waals surface area contributed by atoms with E-state index in [9.17, 15) is 20.2 Å². The van der Waals surface area contributed by atoms with Gasteiger partial charge in [-0.15, -0.1) is 0 Å². The molecule has 0 bridgehead atoms. The third-order valence-electron chi connectivity index (χ3n) is 3.56. The summed E-state index contributed by atoms with van der Waals surface area (Å²) in [5.41, 5.74) is -0.615. The molecule has 0 aromatic heterocycles. The van der Waals surface area contributed by atoms with Crippen LogP contribution < -0.4 is 5.32 Å². The Balaban J connectivity index is 3.37. The zero-order valence-electron chi connectivity index (χ0n) is 12.1. The number of nitrogens with zero attached hydrogens (tertiary/aromatic N) is 2. The number of nitro benzene ring substituents is 2. The van der Waals surface area contributed by atoms with E-state index in [0.717, 1.165) is 12.8 Å². The number of nitro groups is 2. The third kappa shape index (κ3) is 4.13. The topological polar surface area (TPSA) is 98.3 Å². The molecule has 1 aromatic rings. The molecule has 1 rings (SSSR count). The molecule has 1 aromatic carbocycles. The zero-order chi connectivity index (χ0) is 16.2. The van der Waals surface area contributed by atoms with Crippen LogP contribution in [0.2, 0.25) is 0 Å². The van der Waals surface area contributed by atoms with Crippen LogP contribution in [-0.4, -0.2) is 15.9 Å². The van der Waals surface area contributed by atoms with Gasteiger partial charge in [-0.2, -0.15) is 0 Å². The molecule has 0 radical (unpaired) electrons. The van der Waals surface area contributed by atoms with Crippen LogP contribution >= 0.6 is 15.9 Å². The fourth-order valence-corrected chi connectivity index (χ4v) is 2.56. The van der Waals surface area contributed by atoms with Crippen LogP contribution in [0.25, 0.3) is 0 Å². The molecule has 2 unspecified atom stereocenters. The van der Waals surface area contributed by atoms with Gasteiger partial charge < -0.3 is 5.32 Å².